The van der Waals surface area contributed by atoms with E-state index >= 15 is 0 Å². The summed E-state index contributed by atoms with van der Waals surface area (Å²) < 4.78 is 6.32. The molecule has 7 heteroatoms. The van der Waals surface area contributed by atoms with Crippen molar-refractivity contribution in [2.75, 3.05) is 52.9 Å². The standard InChI is InChI=1S/C27H34BrN3O3/c1-3-8-26(32)30(14-7-11-22-9-4-5-13-25(22)34-2)18-15-29-16-19-31(20-17-29)27(33)23-10-6-12-24(28)21-23/h4-7,9-13,21H,3,8,14-20H2,1-2H3/b11-7+. The first kappa shape index (κ1) is 26.0. The zero-order valence-electron chi connectivity index (χ0n) is 20.1. The Balaban J connectivity index is 1.52. The molecular formula is C27H34BrN3O3. The van der Waals surface area contributed by atoms with Gasteiger partial charge in [-0.1, -0.05) is 59.3 Å². The van der Waals surface area contributed by atoms with Crippen LogP contribution in [-0.2, 0) is 4.79 Å². The van der Waals surface area contributed by atoms with Crippen LogP contribution in [0.25, 0.3) is 6.08 Å². The maximum atomic E-state index is 12.8. The summed E-state index contributed by atoms with van der Waals surface area (Å²) in [4.78, 5) is 31.7. The van der Waals surface area contributed by atoms with E-state index in [0.717, 1.165) is 41.8 Å². The van der Waals surface area contributed by atoms with Crippen molar-refractivity contribution in [3.63, 3.8) is 0 Å². The molecule has 1 fully saturated rings. The van der Waals surface area contributed by atoms with Crippen molar-refractivity contribution < 1.29 is 14.3 Å². The number of methoxy groups -OCH3 is 1. The zero-order chi connectivity index (χ0) is 24.3. The lowest BCUT2D eigenvalue weighted by Gasteiger charge is -2.36. The Labute approximate surface area is 211 Å². The first-order valence-electron chi connectivity index (χ1n) is 11.9. The molecule has 0 spiro atoms. The maximum Gasteiger partial charge on any atom is 0.253 e. The second-order valence-electron chi connectivity index (χ2n) is 8.38. The Morgan fingerprint density at radius 3 is 2.56 bits per heavy atom. The number of rotatable bonds is 10. The molecular weight excluding hydrogens is 494 g/mol. The second-order valence-corrected chi connectivity index (χ2v) is 9.29. The predicted molar refractivity (Wildman–Crippen MR) is 140 cm³/mol. The summed E-state index contributed by atoms with van der Waals surface area (Å²) in [6.45, 7) is 7.09. The Kier molecular flexibility index (Phi) is 10.2. The summed E-state index contributed by atoms with van der Waals surface area (Å²) in [7, 11) is 1.66. The highest BCUT2D eigenvalue weighted by Crippen LogP contribution is 2.19. The highest BCUT2D eigenvalue weighted by atomic mass is 79.9. The molecule has 6 nitrogen and oxygen atoms in total. The van der Waals surface area contributed by atoms with Crippen molar-refractivity contribution in [3.8, 4) is 5.75 Å². The van der Waals surface area contributed by atoms with Crippen LogP contribution in [0.3, 0.4) is 0 Å². The minimum Gasteiger partial charge on any atom is -0.496 e. The lowest BCUT2D eigenvalue weighted by molar-refractivity contribution is -0.130. The van der Waals surface area contributed by atoms with Crippen molar-refractivity contribution in [3.05, 3.63) is 70.2 Å². The maximum absolute atomic E-state index is 12.8. The highest BCUT2D eigenvalue weighted by molar-refractivity contribution is 9.10. The summed E-state index contributed by atoms with van der Waals surface area (Å²) in [6.07, 6.45) is 5.43. The van der Waals surface area contributed by atoms with E-state index in [-0.39, 0.29) is 11.8 Å². The molecule has 1 saturated heterocycles. The first-order chi connectivity index (χ1) is 16.5. The molecule has 2 aromatic carbocycles. The van der Waals surface area contributed by atoms with E-state index in [1.807, 2.05) is 77.4 Å². The molecule has 1 aliphatic heterocycles. The quantitative estimate of drug-likeness (QED) is 0.454. The number of ether oxygens (including phenoxy) is 1. The largest absolute Gasteiger partial charge is 0.496 e. The molecule has 0 saturated carbocycles. The Morgan fingerprint density at radius 2 is 1.85 bits per heavy atom. The highest BCUT2D eigenvalue weighted by Gasteiger charge is 2.23. The third kappa shape index (κ3) is 7.43. The summed E-state index contributed by atoms with van der Waals surface area (Å²) in [6, 6.07) is 15.4. The van der Waals surface area contributed by atoms with Gasteiger partial charge in [0.25, 0.3) is 5.91 Å². The van der Waals surface area contributed by atoms with E-state index in [0.29, 0.717) is 38.2 Å². The number of hydrogen-bond donors (Lipinski definition) is 0. The molecule has 0 N–H and O–H groups in total. The fraction of sp³-hybridized carbons (Fsp3) is 0.407. The number of benzene rings is 2. The number of amides is 2. The first-order valence-corrected chi connectivity index (χ1v) is 12.7. The Morgan fingerprint density at radius 1 is 1.09 bits per heavy atom. The summed E-state index contributed by atoms with van der Waals surface area (Å²) in [5, 5.41) is 0. The van der Waals surface area contributed by atoms with Gasteiger partial charge >= 0.3 is 0 Å². The number of para-hydroxylation sites is 1. The number of halogens is 1. The minimum atomic E-state index is 0.0715. The Hall–Kier alpha value is -2.64. The molecule has 0 atom stereocenters. The molecule has 2 amide bonds. The van der Waals surface area contributed by atoms with Gasteiger partial charge in [-0.15, -0.1) is 0 Å². The predicted octanol–water partition coefficient (Wildman–Crippen LogP) is 4.56. The van der Waals surface area contributed by atoms with Gasteiger partial charge in [-0.2, -0.15) is 0 Å². The van der Waals surface area contributed by atoms with Crippen LogP contribution in [0.15, 0.2) is 59.1 Å². The molecule has 3 rings (SSSR count). The van der Waals surface area contributed by atoms with Gasteiger partial charge in [0.05, 0.1) is 7.11 Å². The average molecular weight is 528 g/mol. The number of nitrogens with zero attached hydrogens (tertiary/aromatic N) is 3. The number of carbonyl (C=O) groups is 2. The lowest BCUT2D eigenvalue weighted by atomic mass is 10.2. The van der Waals surface area contributed by atoms with Gasteiger partial charge in [0.1, 0.15) is 5.75 Å². The average Bonchev–Trinajstić information content (AvgIpc) is 2.86. The topological polar surface area (TPSA) is 53.1 Å². The van der Waals surface area contributed by atoms with Crippen molar-refractivity contribution in [1.29, 1.82) is 0 Å². The van der Waals surface area contributed by atoms with Gasteiger partial charge < -0.3 is 14.5 Å². The van der Waals surface area contributed by atoms with Crippen LogP contribution in [0, 0.1) is 0 Å². The molecule has 0 unspecified atom stereocenters. The van der Waals surface area contributed by atoms with E-state index < -0.39 is 0 Å². The molecule has 1 heterocycles. The third-order valence-corrected chi connectivity index (χ3v) is 6.49. The van der Waals surface area contributed by atoms with Crippen molar-refractivity contribution in [1.82, 2.24) is 14.7 Å². The molecule has 34 heavy (non-hydrogen) atoms. The fourth-order valence-electron chi connectivity index (χ4n) is 4.04. The van der Waals surface area contributed by atoms with Gasteiger partial charge in [0.15, 0.2) is 0 Å². The van der Waals surface area contributed by atoms with Crippen LogP contribution in [0.5, 0.6) is 5.75 Å². The molecule has 0 bridgehead atoms. The van der Waals surface area contributed by atoms with Gasteiger partial charge in [-0.05, 0) is 30.7 Å². The summed E-state index contributed by atoms with van der Waals surface area (Å²) in [5.41, 5.74) is 1.71. The van der Waals surface area contributed by atoms with Crippen LogP contribution >= 0.6 is 15.9 Å². The van der Waals surface area contributed by atoms with Crippen molar-refractivity contribution in [2.24, 2.45) is 0 Å². The molecule has 0 aromatic heterocycles. The van der Waals surface area contributed by atoms with E-state index in [1.165, 1.54) is 0 Å². The lowest BCUT2D eigenvalue weighted by Crippen LogP contribution is -2.50. The molecule has 2 aromatic rings. The normalized spacial score (nSPS) is 14.4. The minimum absolute atomic E-state index is 0.0715. The summed E-state index contributed by atoms with van der Waals surface area (Å²) in [5.74, 6) is 1.07. The SMILES string of the molecule is CCCC(=O)N(C/C=C/c1ccccc1OC)CCN1CCN(C(=O)c2cccc(Br)c2)CC1. The van der Waals surface area contributed by atoms with Gasteiger partial charge in [-0.3, -0.25) is 14.5 Å². The van der Waals surface area contributed by atoms with E-state index in [9.17, 15) is 9.59 Å². The second kappa shape index (κ2) is 13.3. The van der Waals surface area contributed by atoms with E-state index in [1.54, 1.807) is 7.11 Å². The molecule has 0 aliphatic carbocycles. The van der Waals surface area contributed by atoms with Crippen molar-refractivity contribution >= 4 is 33.8 Å². The number of carbonyl (C=O) groups excluding carboxylic acids is 2. The van der Waals surface area contributed by atoms with Gasteiger partial charge in [0, 0.05) is 67.8 Å². The smallest absolute Gasteiger partial charge is 0.253 e. The van der Waals surface area contributed by atoms with Crippen LogP contribution in [0.1, 0.15) is 35.7 Å². The number of hydrogen-bond acceptors (Lipinski definition) is 4. The zero-order valence-corrected chi connectivity index (χ0v) is 21.7. The van der Waals surface area contributed by atoms with E-state index in [2.05, 4.69) is 20.8 Å². The van der Waals surface area contributed by atoms with Crippen LogP contribution in [0.4, 0.5) is 0 Å². The van der Waals surface area contributed by atoms with E-state index in [4.69, 9.17) is 4.74 Å². The third-order valence-electron chi connectivity index (χ3n) is 6.00. The monoisotopic (exact) mass is 527 g/mol. The van der Waals surface area contributed by atoms with Crippen molar-refractivity contribution in [2.45, 2.75) is 19.8 Å². The van der Waals surface area contributed by atoms with Crippen LogP contribution in [0.2, 0.25) is 0 Å². The fourth-order valence-corrected chi connectivity index (χ4v) is 4.44. The van der Waals surface area contributed by atoms with Gasteiger partial charge in [0.2, 0.25) is 5.91 Å². The number of piperazine rings is 1. The molecule has 182 valence electrons. The van der Waals surface area contributed by atoms with Gasteiger partial charge in [-0.25, -0.2) is 0 Å². The molecule has 1 aliphatic rings. The van der Waals surface area contributed by atoms with Crippen LogP contribution in [-0.4, -0.2) is 79.4 Å². The molecule has 0 radical (unpaired) electrons. The summed E-state index contributed by atoms with van der Waals surface area (Å²) >= 11 is 3.44. The Bertz CT molecular complexity index is 987. The van der Waals surface area contributed by atoms with Crippen LogP contribution < -0.4 is 4.74 Å².